The molecule has 0 radical (unpaired) electrons. The van der Waals surface area contributed by atoms with Gasteiger partial charge in [0.05, 0.1) is 12.5 Å². The summed E-state index contributed by atoms with van der Waals surface area (Å²) < 4.78 is 8.08. The molecular formula is C19H22N2O2. The lowest BCUT2D eigenvalue weighted by molar-refractivity contribution is 0.0940. The summed E-state index contributed by atoms with van der Waals surface area (Å²) in [5.74, 6) is -0.215. The third-order valence-corrected chi connectivity index (χ3v) is 4.57. The largest absolute Gasteiger partial charge is 0.364 e. The van der Waals surface area contributed by atoms with Crippen molar-refractivity contribution >= 4 is 17.4 Å². The Kier molecular flexibility index (Phi) is 3.52. The van der Waals surface area contributed by atoms with Crippen LogP contribution in [0.25, 0.3) is 0 Å². The number of hydrogen-bond donors (Lipinski definition) is 2. The Bertz CT molecular complexity index is 852. The lowest BCUT2D eigenvalue weighted by Gasteiger charge is -2.18. The standard InChI is InChI=1S/C19H22N2O2/c1-10-5-16-18(17(22)6-10)14(9-20-16)19(23)21-15-8-12(3)11(2)7-13(15)4/h7-10,20H,5-6H2,1-4H3,(H,21,23)/i9T. The SMILES string of the molecule is [3H]c1[nH]c2c(c1C(=O)Nc1cc(C)c(C)cc1C)C(=O)CC(C)C2. The molecule has 1 aromatic carbocycles. The summed E-state index contributed by atoms with van der Waals surface area (Å²) in [5, 5.41) is 2.87. The zero-order chi connectivity index (χ0) is 17.6. The van der Waals surface area contributed by atoms with Gasteiger partial charge in [-0.3, -0.25) is 9.59 Å². The molecule has 23 heavy (non-hydrogen) atoms. The summed E-state index contributed by atoms with van der Waals surface area (Å²) in [4.78, 5) is 28.0. The van der Waals surface area contributed by atoms with Gasteiger partial charge in [0.2, 0.25) is 0 Å². The molecule has 1 amide bonds. The number of carbonyl (C=O) groups excluding carboxylic acids is 2. The van der Waals surface area contributed by atoms with E-state index in [-0.39, 0.29) is 23.4 Å². The van der Waals surface area contributed by atoms with Gasteiger partial charge in [0.15, 0.2) is 5.78 Å². The Labute approximate surface area is 137 Å². The molecule has 0 saturated heterocycles. The first-order valence-electron chi connectivity index (χ1n) is 8.41. The minimum absolute atomic E-state index is 0.0152. The molecule has 1 aliphatic rings. The van der Waals surface area contributed by atoms with E-state index in [1.165, 1.54) is 0 Å². The number of hydrogen-bond acceptors (Lipinski definition) is 2. The number of aromatic nitrogens is 1. The van der Waals surface area contributed by atoms with Crippen LogP contribution >= 0.6 is 0 Å². The maximum atomic E-state index is 12.7. The number of fused-ring (bicyclic) bond motifs is 1. The third kappa shape index (κ3) is 2.81. The molecule has 4 nitrogen and oxygen atoms in total. The fourth-order valence-corrected chi connectivity index (χ4v) is 3.16. The predicted molar refractivity (Wildman–Crippen MR) is 91.2 cm³/mol. The van der Waals surface area contributed by atoms with Crippen molar-refractivity contribution < 1.29 is 11.0 Å². The van der Waals surface area contributed by atoms with Crippen molar-refractivity contribution in [3.63, 3.8) is 0 Å². The Morgan fingerprint density at radius 2 is 1.91 bits per heavy atom. The number of aryl methyl sites for hydroxylation is 3. The molecule has 120 valence electrons. The molecule has 2 aromatic rings. The molecule has 1 heterocycles. The number of ketones is 1. The van der Waals surface area contributed by atoms with Gasteiger partial charge in [-0.2, -0.15) is 0 Å². The summed E-state index contributed by atoms with van der Waals surface area (Å²) >= 11 is 0. The molecule has 0 fully saturated rings. The van der Waals surface area contributed by atoms with Crippen molar-refractivity contribution in [1.29, 1.82) is 0 Å². The van der Waals surface area contributed by atoms with Crippen LogP contribution in [-0.4, -0.2) is 16.7 Å². The van der Waals surface area contributed by atoms with Gasteiger partial charge in [0.1, 0.15) is 0 Å². The molecule has 1 aromatic heterocycles. The van der Waals surface area contributed by atoms with E-state index in [9.17, 15) is 9.59 Å². The number of H-pyrrole nitrogens is 1. The van der Waals surface area contributed by atoms with Gasteiger partial charge in [-0.15, -0.1) is 0 Å². The van der Waals surface area contributed by atoms with Crippen molar-refractivity contribution in [2.24, 2.45) is 5.92 Å². The first kappa shape index (κ1) is 14.2. The average Bonchev–Trinajstić information content (AvgIpc) is 2.80. The number of benzene rings is 1. The highest BCUT2D eigenvalue weighted by atomic mass is 16.2. The first-order valence-corrected chi connectivity index (χ1v) is 7.91. The van der Waals surface area contributed by atoms with Crippen molar-refractivity contribution in [1.82, 2.24) is 4.98 Å². The molecule has 4 heteroatoms. The van der Waals surface area contributed by atoms with E-state index >= 15 is 0 Å². The van der Waals surface area contributed by atoms with Crippen LogP contribution in [0, 0.1) is 26.7 Å². The summed E-state index contributed by atoms with van der Waals surface area (Å²) in [7, 11) is 0. The van der Waals surface area contributed by atoms with Gasteiger partial charge < -0.3 is 10.3 Å². The lowest BCUT2D eigenvalue weighted by atomic mass is 9.86. The minimum Gasteiger partial charge on any atom is -0.364 e. The van der Waals surface area contributed by atoms with Crippen molar-refractivity contribution in [3.8, 4) is 0 Å². The number of aromatic amines is 1. The van der Waals surface area contributed by atoms with Crippen LogP contribution < -0.4 is 5.32 Å². The van der Waals surface area contributed by atoms with E-state index in [4.69, 9.17) is 1.37 Å². The fourth-order valence-electron chi connectivity index (χ4n) is 3.16. The first-order chi connectivity index (χ1) is 11.3. The van der Waals surface area contributed by atoms with E-state index in [0.717, 1.165) is 16.7 Å². The Hall–Kier alpha value is -2.36. The Balaban J connectivity index is 1.98. The predicted octanol–water partition coefficient (Wildman–Crippen LogP) is 3.96. The number of anilines is 1. The van der Waals surface area contributed by atoms with E-state index < -0.39 is 5.91 Å². The van der Waals surface area contributed by atoms with Gasteiger partial charge >= 0.3 is 0 Å². The molecule has 1 aliphatic carbocycles. The number of carbonyl (C=O) groups is 2. The molecule has 1 unspecified atom stereocenters. The normalized spacial score (nSPS) is 17.7. The molecule has 0 bridgehead atoms. The van der Waals surface area contributed by atoms with E-state index in [1.807, 2.05) is 39.8 Å². The quantitative estimate of drug-likeness (QED) is 0.881. The van der Waals surface area contributed by atoms with Crippen LogP contribution in [0.3, 0.4) is 0 Å². The van der Waals surface area contributed by atoms with E-state index in [1.54, 1.807) is 0 Å². The highest BCUT2D eigenvalue weighted by Crippen LogP contribution is 2.28. The van der Waals surface area contributed by atoms with Crippen LogP contribution in [0.2, 0.25) is 0 Å². The van der Waals surface area contributed by atoms with E-state index in [2.05, 4.69) is 10.3 Å². The second-order valence-electron chi connectivity index (χ2n) is 6.62. The highest BCUT2D eigenvalue weighted by molar-refractivity contribution is 6.13. The lowest BCUT2D eigenvalue weighted by Crippen LogP contribution is -2.21. The minimum atomic E-state index is -0.397. The van der Waals surface area contributed by atoms with Crippen LogP contribution in [-0.2, 0) is 6.42 Å². The second-order valence-corrected chi connectivity index (χ2v) is 6.62. The maximum absolute atomic E-state index is 12.7. The zero-order valence-electron chi connectivity index (χ0n) is 15.0. The van der Waals surface area contributed by atoms with E-state index in [0.29, 0.717) is 29.8 Å². The Morgan fingerprint density at radius 1 is 1.22 bits per heavy atom. The van der Waals surface area contributed by atoms with Crippen LogP contribution in [0.5, 0.6) is 0 Å². The molecule has 0 saturated carbocycles. The smallest absolute Gasteiger partial charge is 0.257 e. The number of amides is 1. The summed E-state index contributed by atoms with van der Waals surface area (Å²) in [6.07, 6.45) is 1.14. The highest BCUT2D eigenvalue weighted by Gasteiger charge is 2.29. The van der Waals surface area contributed by atoms with Crippen LogP contribution in [0.1, 0.15) is 57.8 Å². The summed E-state index contributed by atoms with van der Waals surface area (Å²) in [6, 6.07) is 3.95. The Morgan fingerprint density at radius 3 is 2.65 bits per heavy atom. The zero-order valence-corrected chi connectivity index (χ0v) is 14.0. The molecular weight excluding hydrogens is 288 g/mol. The monoisotopic (exact) mass is 312 g/mol. The van der Waals surface area contributed by atoms with Crippen molar-refractivity contribution in [3.05, 3.63) is 51.8 Å². The molecule has 0 aliphatic heterocycles. The third-order valence-electron chi connectivity index (χ3n) is 4.57. The van der Waals surface area contributed by atoms with Gasteiger partial charge in [0, 0.05) is 24.0 Å². The number of nitrogens with one attached hydrogen (secondary N) is 2. The number of rotatable bonds is 2. The average molecular weight is 312 g/mol. The summed E-state index contributed by atoms with van der Waals surface area (Å²) in [5.41, 5.74) is 5.21. The van der Waals surface area contributed by atoms with Crippen molar-refractivity contribution in [2.75, 3.05) is 5.32 Å². The molecule has 3 rings (SSSR count). The molecule has 2 N–H and O–H groups in total. The molecule has 0 spiro atoms. The fraction of sp³-hybridized carbons (Fsp3) is 0.368. The van der Waals surface area contributed by atoms with Gasteiger partial charge in [0.25, 0.3) is 5.91 Å². The maximum Gasteiger partial charge on any atom is 0.257 e. The number of Topliss-reactive ketones (excluding diaryl/α,β-unsaturated/α-hetero) is 1. The van der Waals surface area contributed by atoms with Gasteiger partial charge in [-0.1, -0.05) is 13.0 Å². The van der Waals surface area contributed by atoms with Crippen LogP contribution in [0.4, 0.5) is 5.69 Å². The van der Waals surface area contributed by atoms with Crippen molar-refractivity contribution in [2.45, 2.75) is 40.5 Å². The van der Waals surface area contributed by atoms with Gasteiger partial charge in [-0.05, 0) is 55.9 Å². The van der Waals surface area contributed by atoms with Crippen LogP contribution in [0.15, 0.2) is 18.3 Å². The molecule has 1 atom stereocenters. The van der Waals surface area contributed by atoms with Gasteiger partial charge in [-0.25, -0.2) is 0 Å². The summed E-state index contributed by atoms with van der Waals surface area (Å²) in [6.45, 7) is 7.95. The topological polar surface area (TPSA) is 62.0 Å². The second kappa shape index (κ2) is 5.69.